The van der Waals surface area contributed by atoms with Gasteiger partial charge in [0.15, 0.2) is 0 Å². The van der Waals surface area contributed by atoms with E-state index in [1.54, 1.807) is 24.5 Å². The van der Waals surface area contributed by atoms with Crippen molar-refractivity contribution in [1.29, 1.82) is 0 Å². The van der Waals surface area contributed by atoms with Crippen molar-refractivity contribution in [3.8, 4) is 0 Å². The molecular formula is C17H20ClN5O. The zero-order valence-corrected chi connectivity index (χ0v) is 14.1. The summed E-state index contributed by atoms with van der Waals surface area (Å²) >= 11 is 5.92. The smallest absolute Gasteiger partial charge is 0.225 e. The number of rotatable bonds is 5. The standard InChI is InChI=1S/C17H20ClN5O/c18-14-3-1-4-15(13-14)21-16(24)5-8-22-9-11-23(12-10-22)17-19-6-2-7-20-17/h1-4,6-7,13H,5,8-12H2,(H,21,24). The summed E-state index contributed by atoms with van der Waals surface area (Å²) in [6, 6.07) is 9.01. The Morgan fingerprint density at radius 2 is 1.88 bits per heavy atom. The molecule has 7 heteroatoms. The average molecular weight is 346 g/mol. The lowest BCUT2D eigenvalue weighted by Crippen LogP contribution is -2.47. The lowest BCUT2D eigenvalue weighted by Gasteiger charge is -2.34. The van der Waals surface area contributed by atoms with Gasteiger partial charge in [-0.1, -0.05) is 17.7 Å². The third-order valence-corrected chi connectivity index (χ3v) is 4.21. The van der Waals surface area contributed by atoms with Gasteiger partial charge in [0.1, 0.15) is 0 Å². The maximum atomic E-state index is 12.0. The molecule has 1 saturated heterocycles. The molecule has 3 rings (SSSR count). The molecule has 1 aliphatic rings. The van der Waals surface area contributed by atoms with E-state index in [-0.39, 0.29) is 5.91 Å². The van der Waals surface area contributed by atoms with Crippen molar-refractivity contribution in [3.63, 3.8) is 0 Å². The summed E-state index contributed by atoms with van der Waals surface area (Å²) < 4.78 is 0. The van der Waals surface area contributed by atoms with E-state index in [9.17, 15) is 4.79 Å². The van der Waals surface area contributed by atoms with E-state index in [1.807, 2.05) is 18.2 Å². The third-order valence-electron chi connectivity index (χ3n) is 3.97. The van der Waals surface area contributed by atoms with Crippen LogP contribution < -0.4 is 10.2 Å². The molecule has 1 aromatic carbocycles. The molecule has 1 aromatic heterocycles. The number of hydrogen-bond acceptors (Lipinski definition) is 5. The average Bonchev–Trinajstić information content (AvgIpc) is 2.61. The molecule has 126 valence electrons. The topological polar surface area (TPSA) is 61.4 Å². The minimum absolute atomic E-state index is 0.00564. The molecule has 0 bridgehead atoms. The number of amides is 1. The molecule has 1 fully saturated rings. The van der Waals surface area contributed by atoms with E-state index in [2.05, 4.69) is 25.1 Å². The van der Waals surface area contributed by atoms with Crippen molar-refractivity contribution in [1.82, 2.24) is 14.9 Å². The first kappa shape index (κ1) is 16.7. The van der Waals surface area contributed by atoms with Crippen molar-refractivity contribution < 1.29 is 4.79 Å². The Bertz CT molecular complexity index is 674. The molecule has 0 radical (unpaired) electrons. The normalized spacial score (nSPS) is 15.3. The van der Waals surface area contributed by atoms with Crippen molar-refractivity contribution >= 4 is 29.1 Å². The van der Waals surface area contributed by atoms with Crippen molar-refractivity contribution in [2.24, 2.45) is 0 Å². The number of nitrogens with one attached hydrogen (secondary N) is 1. The predicted octanol–water partition coefficient (Wildman–Crippen LogP) is 2.28. The Morgan fingerprint density at radius 1 is 1.12 bits per heavy atom. The van der Waals surface area contributed by atoms with Crippen molar-refractivity contribution in [2.45, 2.75) is 6.42 Å². The summed E-state index contributed by atoms with van der Waals surface area (Å²) in [7, 11) is 0. The summed E-state index contributed by atoms with van der Waals surface area (Å²) in [4.78, 5) is 25.1. The summed E-state index contributed by atoms with van der Waals surface area (Å²) in [6.45, 7) is 4.31. The molecule has 1 aliphatic heterocycles. The van der Waals surface area contributed by atoms with Crippen LogP contribution in [0.2, 0.25) is 5.02 Å². The second kappa shape index (κ2) is 8.08. The largest absolute Gasteiger partial charge is 0.338 e. The molecule has 2 aromatic rings. The van der Waals surface area contributed by atoms with Crippen LogP contribution in [0.3, 0.4) is 0 Å². The quantitative estimate of drug-likeness (QED) is 0.900. The molecule has 0 unspecified atom stereocenters. The SMILES string of the molecule is O=C(CCN1CCN(c2ncccn2)CC1)Nc1cccc(Cl)c1. The number of carbonyl (C=O) groups excluding carboxylic acids is 1. The summed E-state index contributed by atoms with van der Waals surface area (Å²) in [6.07, 6.45) is 3.98. The molecule has 0 saturated carbocycles. The Labute approximate surface area is 146 Å². The summed E-state index contributed by atoms with van der Waals surface area (Å²) in [5.41, 5.74) is 0.735. The van der Waals surface area contributed by atoms with E-state index in [0.29, 0.717) is 11.4 Å². The fourth-order valence-electron chi connectivity index (χ4n) is 2.68. The Hall–Kier alpha value is -2.18. The molecule has 1 amide bonds. The highest BCUT2D eigenvalue weighted by Gasteiger charge is 2.19. The predicted molar refractivity (Wildman–Crippen MR) is 95.4 cm³/mol. The van der Waals surface area contributed by atoms with Crippen LogP contribution in [0, 0.1) is 0 Å². The second-order valence-electron chi connectivity index (χ2n) is 5.69. The lowest BCUT2D eigenvalue weighted by atomic mass is 10.2. The van der Waals surface area contributed by atoms with Gasteiger partial charge < -0.3 is 10.2 Å². The number of benzene rings is 1. The van der Waals surface area contributed by atoms with E-state index < -0.39 is 0 Å². The van der Waals surface area contributed by atoms with E-state index >= 15 is 0 Å². The lowest BCUT2D eigenvalue weighted by molar-refractivity contribution is -0.116. The van der Waals surface area contributed by atoms with Crippen LogP contribution in [-0.2, 0) is 4.79 Å². The first-order valence-electron chi connectivity index (χ1n) is 8.00. The molecular weight excluding hydrogens is 326 g/mol. The van der Waals surface area contributed by atoms with Gasteiger partial charge in [-0.15, -0.1) is 0 Å². The molecule has 0 aliphatic carbocycles. The van der Waals surface area contributed by atoms with Gasteiger partial charge in [0.25, 0.3) is 0 Å². The van der Waals surface area contributed by atoms with Crippen LogP contribution in [0.15, 0.2) is 42.7 Å². The highest BCUT2D eigenvalue weighted by molar-refractivity contribution is 6.30. The number of hydrogen-bond donors (Lipinski definition) is 1. The van der Waals surface area contributed by atoms with Crippen LogP contribution in [-0.4, -0.2) is 53.5 Å². The maximum Gasteiger partial charge on any atom is 0.225 e. The maximum absolute atomic E-state index is 12.0. The summed E-state index contributed by atoms with van der Waals surface area (Å²) in [5.74, 6) is 0.780. The number of aromatic nitrogens is 2. The van der Waals surface area contributed by atoms with Crippen LogP contribution in [0.5, 0.6) is 0 Å². The van der Waals surface area contributed by atoms with E-state index in [0.717, 1.165) is 44.4 Å². The first-order chi connectivity index (χ1) is 11.7. The number of nitrogens with zero attached hydrogens (tertiary/aromatic N) is 4. The number of piperazine rings is 1. The molecule has 24 heavy (non-hydrogen) atoms. The highest BCUT2D eigenvalue weighted by Crippen LogP contribution is 2.15. The Morgan fingerprint density at radius 3 is 2.58 bits per heavy atom. The zero-order valence-electron chi connectivity index (χ0n) is 13.4. The molecule has 1 N–H and O–H groups in total. The van der Waals surface area contributed by atoms with Crippen molar-refractivity contribution in [2.75, 3.05) is 42.9 Å². The number of halogens is 1. The Balaban J connectivity index is 1.41. The summed E-state index contributed by atoms with van der Waals surface area (Å²) in [5, 5.41) is 3.49. The molecule has 2 heterocycles. The van der Waals surface area contributed by atoms with E-state index in [4.69, 9.17) is 11.6 Å². The van der Waals surface area contributed by atoms with Gasteiger partial charge in [-0.3, -0.25) is 9.69 Å². The van der Waals surface area contributed by atoms with Gasteiger partial charge in [-0.05, 0) is 24.3 Å². The highest BCUT2D eigenvalue weighted by atomic mass is 35.5. The van der Waals surface area contributed by atoms with Gasteiger partial charge in [0.2, 0.25) is 11.9 Å². The number of carbonyl (C=O) groups is 1. The fourth-order valence-corrected chi connectivity index (χ4v) is 2.87. The van der Waals surface area contributed by atoms with Gasteiger partial charge in [-0.2, -0.15) is 0 Å². The van der Waals surface area contributed by atoms with Crippen LogP contribution in [0.25, 0.3) is 0 Å². The molecule has 6 nitrogen and oxygen atoms in total. The van der Waals surface area contributed by atoms with Gasteiger partial charge in [0, 0.05) is 62.2 Å². The van der Waals surface area contributed by atoms with Gasteiger partial charge in [0.05, 0.1) is 0 Å². The second-order valence-corrected chi connectivity index (χ2v) is 6.12. The van der Waals surface area contributed by atoms with Crippen LogP contribution in [0.4, 0.5) is 11.6 Å². The fraction of sp³-hybridized carbons (Fsp3) is 0.353. The van der Waals surface area contributed by atoms with E-state index in [1.165, 1.54) is 0 Å². The van der Waals surface area contributed by atoms with Gasteiger partial charge >= 0.3 is 0 Å². The van der Waals surface area contributed by atoms with Crippen LogP contribution >= 0.6 is 11.6 Å². The minimum atomic E-state index is 0.00564. The van der Waals surface area contributed by atoms with Gasteiger partial charge in [-0.25, -0.2) is 9.97 Å². The number of anilines is 2. The zero-order chi connectivity index (χ0) is 16.8. The third kappa shape index (κ3) is 4.66. The molecule has 0 atom stereocenters. The van der Waals surface area contributed by atoms with Crippen molar-refractivity contribution in [3.05, 3.63) is 47.7 Å². The first-order valence-corrected chi connectivity index (χ1v) is 8.38. The Kier molecular flexibility index (Phi) is 5.61. The monoisotopic (exact) mass is 345 g/mol. The molecule has 0 spiro atoms. The van der Waals surface area contributed by atoms with Crippen LogP contribution in [0.1, 0.15) is 6.42 Å². The minimum Gasteiger partial charge on any atom is -0.338 e.